The summed E-state index contributed by atoms with van der Waals surface area (Å²) < 4.78 is 16.7. The lowest BCUT2D eigenvalue weighted by molar-refractivity contribution is 0.0643. The zero-order valence-corrected chi connectivity index (χ0v) is 14.7. The van der Waals surface area contributed by atoms with Gasteiger partial charge in [-0.05, 0) is 30.5 Å². The summed E-state index contributed by atoms with van der Waals surface area (Å²) in [5.41, 5.74) is 1.16. The van der Waals surface area contributed by atoms with Gasteiger partial charge in [0.2, 0.25) is 5.89 Å². The van der Waals surface area contributed by atoms with E-state index in [4.69, 9.17) is 13.7 Å². The molecule has 1 unspecified atom stereocenters. The van der Waals surface area contributed by atoms with Crippen LogP contribution in [-0.2, 0) is 24.2 Å². The van der Waals surface area contributed by atoms with Crippen LogP contribution in [0, 0.1) is 0 Å². The fourth-order valence-corrected chi connectivity index (χ4v) is 3.28. The first-order chi connectivity index (χ1) is 12.8. The standard InChI is InChI=1S/C20H23N3O3/c1-2-6-16(7-3-1)12-20-21-19(22-26-20)15-23(13-17-8-4-10-24-17)14-18-9-5-11-25-18/h1-4,6-8,10,18H,5,9,11-15H2. The van der Waals surface area contributed by atoms with Gasteiger partial charge in [0.15, 0.2) is 5.82 Å². The zero-order valence-electron chi connectivity index (χ0n) is 14.7. The minimum absolute atomic E-state index is 0.264. The van der Waals surface area contributed by atoms with E-state index < -0.39 is 0 Å². The van der Waals surface area contributed by atoms with Crippen LogP contribution >= 0.6 is 0 Å². The molecule has 0 saturated carbocycles. The fraction of sp³-hybridized carbons (Fsp3) is 0.400. The Balaban J connectivity index is 1.41. The average molecular weight is 353 g/mol. The maximum atomic E-state index is 5.79. The highest BCUT2D eigenvalue weighted by atomic mass is 16.5. The maximum Gasteiger partial charge on any atom is 0.231 e. The van der Waals surface area contributed by atoms with Crippen LogP contribution in [-0.4, -0.2) is 34.3 Å². The minimum atomic E-state index is 0.264. The summed E-state index contributed by atoms with van der Waals surface area (Å²) in [6.07, 6.45) is 4.84. The predicted octanol–water partition coefficient (Wildman–Crippen LogP) is 3.43. The lowest BCUT2D eigenvalue weighted by Crippen LogP contribution is -2.31. The summed E-state index contributed by atoms with van der Waals surface area (Å²) in [4.78, 5) is 6.81. The van der Waals surface area contributed by atoms with Gasteiger partial charge >= 0.3 is 0 Å². The second kappa shape index (κ2) is 8.29. The van der Waals surface area contributed by atoms with Gasteiger partial charge in [-0.2, -0.15) is 4.98 Å². The molecule has 0 amide bonds. The molecule has 1 aliphatic heterocycles. The first-order valence-electron chi connectivity index (χ1n) is 9.07. The van der Waals surface area contributed by atoms with Gasteiger partial charge in [0.1, 0.15) is 5.76 Å². The molecule has 0 radical (unpaired) electrons. The van der Waals surface area contributed by atoms with Gasteiger partial charge in [0.25, 0.3) is 0 Å². The van der Waals surface area contributed by atoms with Crippen molar-refractivity contribution in [1.29, 1.82) is 0 Å². The van der Waals surface area contributed by atoms with Gasteiger partial charge in [-0.3, -0.25) is 4.90 Å². The van der Waals surface area contributed by atoms with Crippen LogP contribution < -0.4 is 0 Å². The van der Waals surface area contributed by atoms with Crippen LogP contribution in [0.25, 0.3) is 0 Å². The molecular weight excluding hydrogens is 330 g/mol. The molecule has 3 heterocycles. The summed E-state index contributed by atoms with van der Waals surface area (Å²) in [6.45, 7) is 3.00. The third-order valence-electron chi connectivity index (χ3n) is 4.52. The Morgan fingerprint density at radius 1 is 1.08 bits per heavy atom. The van der Waals surface area contributed by atoms with E-state index in [2.05, 4.69) is 27.2 Å². The van der Waals surface area contributed by atoms with E-state index in [1.807, 2.05) is 30.3 Å². The van der Waals surface area contributed by atoms with Crippen molar-refractivity contribution in [2.24, 2.45) is 0 Å². The van der Waals surface area contributed by atoms with Crippen LogP contribution in [0.2, 0.25) is 0 Å². The van der Waals surface area contributed by atoms with Crippen molar-refractivity contribution in [2.45, 2.75) is 38.5 Å². The molecule has 4 rings (SSSR count). The monoisotopic (exact) mass is 353 g/mol. The molecule has 136 valence electrons. The Bertz CT molecular complexity index is 780. The highest BCUT2D eigenvalue weighted by Gasteiger charge is 2.21. The number of furan rings is 1. The molecule has 0 N–H and O–H groups in total. The normalized spacial score (nSPS) is 17.2. The van der Waals surface area contributed by atoms with E-state index in [0.29, 0.717) is 31.2 Å². The van der Waals surface area contributed by atoms with Gasteiger partial charge in [-0.1, -0.05) is 35.5 Å². The lowest BCUT2D eigenvalue weighted by atomic mass is 10.1. The number of rotatable bonds is 8. The molecule has 1 aliphatic rings. The zero-order chi connectivity index (χ0) is 17.6. The van der Waals surface area contributed by atoms with Crippen LogP contribution in [0.15, 0.2) is 57.7 Å². The minimum Gasteiger partial charge on any atom is -0.468 e. The number of hydrogen-bond acceptors (Lipinski definition) is 6. The molecule has 1 aromatic carbocycles. The molecule has 1 atom stereocenters. The Kier molecular flexibility index (Phi) is 5.42. The van der Waals surface area contributed by atoms with E-state index >= 15 is 0 Å². The molecular formula is C20H23N3O3. The molecule has 2 aromatic heterocycles. The maximum absolute atomic E-state index is 5.79. The molecule has 0 aliphatic carbocycles. The van der Waals surface area contributed by atoms with Gasteiger partial charge in [-0.15, -0.1) is 0 Å². The number of ether oxygens (including phenoxy) is 1. The van der Waals surface area contributed by atoms with E-state index in [1.54, 1.807) is 6.26 Å². The molecule has 3 aromatic rings. The Morgan fingerprint density at radius 2 is 2.00 bits per heavy atom. The first kappa shape index (κ1) is 17.0. The second-order valence-corrected chi connectivity index (χ2v) is 6.65. The van der Waals surface area contributed by atoms with E-state index in [9.17, 15) is 0 Å². The Labute approximate surface area is 152 Å². The topological polar surface area (TPSA) is 64.5 Å². The SMILES string of the molecule is c1ccc(Cc2nc(CN(Cc3ccco3)CC3CCCO3)no2)cc1. The van der Waals surface area contributed by atoms with Crippen LogP contribution in [0.3, 0.4) is 0 Å². The van der Waals surface area contributed by atoms with Crippen LogP contribution in [0.4, 0.5) is 0 Å². The van der Waals surface area contributed by atoms with Crippen molar-refractivity contribution in [3.05, 3.63) is 71.8 Å². The van der Waals surface area contributed by atoms with Gasteiger partial charge < -0.3 is 13.7 Å². The summed E-state index contributed by atoms with van der Waals surface area (Å²) >= 11 is 0. The molecule has 0 bridgehead atoms. The third kappa shape index (κ3) is 4.59. The second-order valence-electron chi connectivity index (χ2n) is 6.65. The summed E-state index contributed by atoms with van der Waals surface area (Å²) in [6, 6.07) is 14.0. The summed E-state index contributed by atoms with van der Waals surface area (Å²) in [5, 5.41) is 4.16. The Hall–Kier alpha value is -2.44. The van der Waals surface area contributed by atoms with Crippen molar-refractivity contribution in [1.82, 2.24) is 15.0 Å². The smallest absolute Gasteiger partial charge is 0.231 e. The van der Waals surface area contributed by atoms with E-state index in [1.165, 1.54) is 0 Å². The van der Waals surface area contributed by atoms with Gasteiger partial charge in [0.05, 0.1) is 31.9 Å². The van der Waals surface area contributed by atoms with Crippen molar-refractivity contribution in [2.75, 3.05) is 13.2 Å². The number of nitrogens with zero attached hydrogens (tertiary/aromatic N) is 3. The number of hydrogen-bond donors (Lipinski definition) is 0. The lowest BCUT2D eigenvalue weighted by Gasteiger charge is -2.22. The van der Waals surface area contributed by atoms with Crippen molar-refractivity contribution in [3.8, 4) is 0 Å². The molecule has 1 fully saturated rings. The fourth-order valence-electron chi connectivity index (χ4n) is 3.28. The van der Waals surface area contributed by atoms with E-state index in [-0.39, 0.29) is 6.10 Å². The Morgan fingerprint density at radius 3 is 2.77 bits per heavy atom. The van der Waals surface area contributed by atoms with Gasteiger partial charge in [-0.25, -0.2) is 0 Å². The van der Waals surface area contributed by atoms with Crippen molar-refractivity contribution in [3.63, 3.8) is 0 Å². The predicted molar refractivity (Wildman–Crippen MR) is 95.3 cm³/mol. The highest BCUT2D eigenvalue weighted by Crippen LogP contribution is 2.17. The molecule has 0 spiro atoms. The number of benzene rings is 1. The molecule has 6 nitrogen and oxygen atoms in total. The molecule has 26 heavy (non-hydrogen) atoms. The van der Waals surface area contributed by atoms with Crippen molar-refractivity contribution < 1.29 is 13.7 Å². The van der Waals surface area contributed by atoms with Crippen LogP contribution in [0.5, 0.6) is 0 Å². The summed E-state index contributed by atoms with van der Waals surface area (Å²) in [5.74, 6) is 2.26. The third-order valence-corrected chi connectivity index (χ3v) is 4.52. The van der Waals surface area contributed by atoms with Crippen molar-refractivity contribution >= 4 is 0 Å². The van der Waals surface area contributed by atoms with E-state index in [0.717, 1.165) is 37.3 Å². The first-order valence-corrected chi connectivity index (χ1v) is 9.07. The van der Waals surface area contributed by atoms with Gasteiger partial charge in [0, 0.05) is 13.2 Å². The number of aromatic nitrogens is 2. The van der Waals surface area contributed by atoms with Crippen LogP contribution in [0.1, 0.15) is 35.9 Å². The summed E-state index contributed by atoms with van der Waals surface area (Å²) in [7, 11) is 0. The largest absolute Gasteiger partial charge is 0.468 e. The molecule has 1 saturated heterocycles. The quantitative estimate of drug-likeness (QED) is 0.618. The average Bonchev–Trinajstić information content (AvgIpc) is 3.40. The highest BCUT2D eigenvalue weighted by molar-refractivity contribution is 5.17. The molecule has 6 heteroatoms.